The summed E-state index contributed by atoms with van der Waals surface area (Å²) in [7, 11) is 0. The molecule has 0 unspecified atom stereocenters. The molecule has 1 amide bonds. The number of aromatic nitrogens is 1. The molecule has 0 atom stereocenters. The molecule has 0 saturated carbocycles. The highest BCUT2D eigenvalue weighted by atomic mass is 79.9. The van der Waals surface area contributed by atoms with Gasteiger partial charge in [-0.1, -0.05) is 0 Å². The Morgan fingerprint density at radius 2 is 1.81 bits per heavy atom. The topological polar surface area (TPSA) is 50.3 Å². The van der Waals surface area contributed by atoms with Gasteiger partial charge in [-0.15, -0.1) is 0 Å². The zero-order valence-electron chi connectivity index (χ0n) is 10.4. The van der Waals surface area contributed by atoms with Gasteiger partial charge < -0.3 is 0 Å². The molecule has 0 radical (unpaired) electrons. The van der Waals surface area contributed by atoms with Crippen molar-refractivity contribution < 1.29 is 18.4 Å². The third-order valence-corrected chi connectivity index (χ3v) is 3.59. The number of rotatable bonds is 2. The van der Waals surface area contributed by atoms with E-state index < -0.39 is 28.9 Å². The molecule has 106 valence electrons. The lowest BCUT2D eigenvalue weighted by molar-refractivity contribution is -0.114. The fraction of sp³-hybridized carbons (Fsp3) is 0.0714. The molecule has 0 N–H and O–H groups in total. The number of Topliss-reactive ketones (excluding diaryl/α,β-unsaturated/α-hetero) is 1. The van der Waals surface area contributed by atoms with Gasteiger partial charge >= 0.3 is 0 Å². The Labute approximate surface area is 126 Å². The first kappa shape index (κ1) is 13.8. The second kappa shape index (κ2) is 5.00. The number of halogens is 3. The zero-order chi connectivity index (χ0) is 15.1. The molecule has 1 aliphatic rings. The molecule has 21 heavy (non-hydrogen) atoms. The number of nitrogens with zero attached hydrogens (tertiary/aromatic N) is 2. The summed E-state index contributed by atoms with van der Waals surface area (Å²) in [6.45, 7) is -0.106. The minimum Gasteiger partial charge on any atom is -0.296 e. The number of pyridine rings is 1. The van der Waals surface area contributed by atoms with Crippen LogP contribution in [0.1, 0.15) is 16.1 Å². The van der Waals surface area contributed by atoms with Crippen molar-refractivity contribution in [3.05, 3.63) is 57.8 Å². The van der Waals surface area contributed by atoms with Gasteiger partial charge in [-0.2, -0.15) is 0 Å². The van der Waals surface area contributed by atoms with Gasteiger partial charge in [-0.25, -0.2) is 8.78 Å². The summed E-state index contributed by atoms with van der Waals surface area (Å²) in [6, 6.07) is 5.05. The first-order valence-corrected chi connectivity index (χ1v) is 6.73. The van der Waals surface area contributed by atoms with Crippen LogP contribution in [0.2, 0.25) is 0 Å². The Kier molecular flexibility index (Phi) is 3.29. The summed E-state index contributed by atoms with van der Waals surface area (Å²) in [5.74, 6) is -3.73. The molecule has 1 aromatic heterocycles. The van der Waals surface area contributed by atoms with Crippen molar-refractivity contribution in [2.24, 2.45) is 0 Å². The lowest BCUT2D eigenvalue weighted by atomic mass is 10.1. The number of ketones is 1. The number of hydrogen-bond acceptors (Lipinski definition) is 3. The average Bonchev–Trinajstić information content (AvgIpc) is 2.71. The van der Waals surface area contributed by atoms with Crippen LogP contribution in [0.15, 0.2) is 34.9 Å². The molecular formula is C14H7BrF2N2O2. The molecule has 0 saturated heterocycles. The van der Waals surface area contributed by atoms with Crippen molar-refractivity contribution >= 4 is 33.3 Å². The molecule has 4 nitrogen and oxygen atoms in total. The van der Waals surface area contributed by atoms with Gasteiger partial charge in [0.1, 0.15) is 11.6 Å². The predicted molar refractivity (Wildman–Crippen MR) is 73.8 cm³/mol. The molecule has 0 spiro atoms. The highest BCUT2D eigenvalue weighted by molar-refractivity contribution is 9.10. The summed E-state index contributed by atoms with van der Waals surface area (Å²) in [5, 5.41) is 0. The van der Waals surface area contributed by atoms with E-state index in [1.165, 1.54) is 6.20 Å². The molecule has 2 aromatic rings. The minimum absolute atomic E-state index is 0.106. The van der Waals surface area contributed by atoms with Crippen LogP contribution in [0.3, 0.4) is 0 Å². The number of amides is 1. The van der Waals surface area contributed by atoms with Crippen LogP contribution in [0, 0.1) is 11.6 Å². The van der Waals surface area contributed by atoms with E-state index in [-0.39, 0.29) is 12.2 Å². The number of hydrogen-bond donors (Lipinski definition) is 0. The van der Waals surface area contributed by atoms with E-state index in [1.807, 2.05) is 0 Å². The fourth-order valence-electron chi connectivity index (χ4n) is 2.16. The molecular weight excluding hydrogens is 346 g/mol. The van der Waals surface area contributed by atoms with E-state index in [0.717, 1.165) is 21.5 Å². The van der Waals surface area contributed by atoms with Gasteiger partial charge in [0, 0.05) is 10.7 Å². The Morgan fingerprint density at radius 1 is 1.10 bits per heavy atom. The van der Waals surface area contributed by atoms with Crippen molar-refractivity contribution in [2.75, 3.05) is 4.90 Å². The first-order valence-electron chi connectivity index (χ1n) is 5.93. The second-order valence-electron chi connectivity index (χ2n) is 4.44. The maximum atomic E-state index is 13.9. The largest absolute Gasteiger partial charge is 0.300 e. The molecule has 0 bridgehead atoms. The molecule has 2 heterocycles. The van der Waals surface area contributed by atoms with Gasteiger partial charge in [-0.05, 0) is 40.2 Å². The third kappa shape index (κ3) is 2.23. The summed E-state index contributed by atoms with van der Waals surface area (Å²) >= 11 is 3.22. The highest BCUT2D eigenvalue weighted by Gasteiger charge is 2.40. The van der Waals surface area contributed by atoms with Gasteiger partial charge in [0.25, 0.3) is 11.7 Å². The van der Waals surface area contributed by atoms with Crippen LogP contribution >= 0.6 is 15.9 Å². The van der Waals surface area contributed by atoms with Crippen molar-refractivity contribution in [1.29, 1.82) is 0 Å². The average molecular weight is 353 g/mol. The second-order valence-corrected chi connectivity index (χ2v) is 5.36. The van der Waals surface area contributed by atoms with Crippen molar-refractivity contribution in [2.45, 2.75) is 6.54 Å². The molecule has 0 fully saturated rings. The standard InChI is InChI=1S/C14H7BrF2N2O2/c15-7-1-2-8(18-5-7)6-19-12-10(17)4-3-9(16)11(12)13(20)14(19)21/h1-5H,6H2. The molecule has 0 aliphatic carbocycles. The van der Waals surface area contributed by atoms with Crippen LogP contribution in [-0.4, -0.2) is 16.7 Å². The summed E-state index contributed by atoms with van der Waals surface area (Å²) in [6.07, 6.45) is 1.51. The normalized spacial score (nSPS) is 13.8. The molecule has 3 rings (SSSR count). The Balaban J connectivity index is 2.05. The molecule has 7 heteroatoms. The molecule has 1 aliphatic heterocycles. The summed E-state index contributed by atoms with van der Waals surface area (Å²) < 4.78 is 28.3. The number of benzene rings is 1. The van der Waals surface area contributed by atoms with Crippen molar-refractivity contribution in [1.82, 2.24) is 4.98 Å². The van der Waals surface area contributed by atoms with Crippen LogP contribution in [0.5, 0.6) is 0 Å². The first-order chi connectivity index (χ1) is 9.99. The number of carbonyl (C=O) groups is 2. The smallest absolute Gasteiger partial charge is 0.296 e. The maximum absolute atomic E-state index is 13.9. The van der Waals surface area contributed by atoms with E-state index in [9.17, 15) is 18.4 Å². The monoisotopic (exact) mass is 352 g/mol. The number of carbonyl (C=O) groups excluding carboxylic acids is 2. The predicted octanol–water partition coefficient (Wildman–Crippen LogP) is 2.85. The minimum atomic E-state index is -1.04. The van der Waals surface area contributed by atoms with E-state index in [2.05, 4.69) is 20.9 Å². The fourth-order valence-corrected chi connectivity index (χ4v) is 2.40. The van der Waals surface area contributed by atoms with E-state index in [0.29, 0.717) is 5.69 Å². The van der Waals surface area contributed by atoms with Gasteiger partial charge in [0.05, 0.1) is 23.5 Å². The number of anilines is 1. The van der Waals surface area contributed by atoms with Gasteiger partial charge in [-0.3, -0.25) is 19.5 Å². The Hall–Kier alpha value is -2.15. The van der Waals surface area contributed by atoms with E-state index >= 15 is 0 Å². The van der Waals surface area contributed by atoms with Gasteiger partial charge in [0.2, 0.25) is 0 Å². The van der Waals surface area contributed by atoms with Crippen molar-refractivity contribution in [3.8, 4) is 0 Å². The van der Waals surface area contributed by atoms with Crippen LogP contribution in [0.25, 0.3) is 0 Å². The zero-order valence-corrected chi connectivity index (χ0v) is 12.0. The van der Waals surface area contributed by atoms with Crippen LogP contribution in [0.4, 0.5) is 14.5 Å². The summed E-state index contributed by atoms with van der Waals surface area (Å²) in [5.41, 5.74) is -0.386. The van der Waals surface area contributed by atoms with Crippen molar-refractivity contribution in [3.63, 3.8) is 0 Å². The van der Waals surface area contributed by atoms with E-state index in [4.69, 9.17) is 0 Å². The highest BCUT2D eigenvalue weighted by Crippen LogP contribution is 2.34. The van der Waals surface area contributed by atoms with Crippen LogP contribution < -0.4 is 4.90 Å². The lowest BCUT2D eigenvalue weighted by Crippen LogP contribution is -2.29. The SMILES string of the molecule is O=C1C(=O)N(Cc2ccc(Br)cn2)c2c(F)ccc(F)c21. The third-order valence-electron chi connectivity index (χ3n) is 3.12. The Morgan fingerprint density at radius 3 is 2.48 bits per heavy atom. The molecule has 1 aromatic carbocycles. The quantitative estimate of drug-likeness (QED) is 0.781. The lowest BCUT2D eigenvalue weighted by Gasteiger charge is -2.16. The van der Waals surface area contributed by atoms with Gasteiger partial charge in [0.15, 0.2) is 0 Å². The summed E-state index contributed by atoms with van der Waals surface area (Å²) in [4.78, 5) is 28.7. The maximum Gasteiger partial charge on any atom is 0.300 e. The Bertz CT molecular complexity index is 762. The van der Waals surface area contributed by atoms with E-state index in [1.54, 1.807) is 12.1 Å². The van der Waals surface area contributed by atoms with Crippen LogP contribution in [-0.2, 0) is 11.3 Å². The number of fused-ring (bicyclic) bond motifs is 1.